The van der Waals surface area contributed by atoms with E-state index < -0.39 is 0 Å². The number of ether oxygens (including phenoxy) is 1. The maximum atomic E-state index is 12.3. The number of pyridine rings is 1. The molecule has 0 bridgehead atoms. The van der Waals surface area contributed by atoms with Crippen molar-refractivity contribution in [3.8, 4) is 5.75 Å². The van der Waals surface area contributed by atoms with Crippen molar-refractivity contribution in [1.82, 2.24) is 9.88 Å². The van der Waals surface area contributed by atoms with Gasteiger partial charge in [-0.1, -0.05) is 30.3 Å². The number of carbonyl (C=O) groups excluding carboxylic acids is 1. The summed E-state index contributed by atoms with van der Waals surface area (Å²) in [6, 6.07) is 11.4. The summed E-state index contributed by atoms with van der Waals surface area (Å²) in [4.78, 5) is 23.9. The molecule has 0 spiro atoms. The smallest absolute Gasteiger partial charge is 0.268 e. The van der Waals surface area contributed by atoms with E-state index in [4.69, 9.17) is 10.5 Å². The van der Waals surface area contributed by atoms with Gasteiger partial charge in [-0.3, -0.25) is 9.59 Å². The highest BCUT2D eigenvalue weighted by molar-refractivity contribution is 9.10. The summed E-state index contributed by atoms with van der Waals surface area (Å²) in [7, 11) is 0. The monoisotopic (exact) mass is 429 g/mol. The molecule has 0 radical (unpaired) electrons. The number of aryl methyl sites for hydroxylation is 1. The Bertz CT molecular complexity index is 738. The molecule has 1 aromatic carbocycles. The standard InChI is InChI=1S/C17H20BrN3O3.ClH/c18-16-14(24-12-13-4-2-1-3-5-13)6-10-21(17(16)23)11-7-15(22)20-9-8-19;/h1-6,10H,7-9,11-12,19H2,(H,20,22);1H. The second kappa shape index (κ2) is 10.9. The van der Waals surface area contributed by atoms with Gasteiger partial charge in [-0.15, -0.1) is 12.4 Å². The lowest BCUT2D eigenvalue weighted by atomic mass is 10.2. The number of rotatable bonds is 8. The fourth-order valence-electron chi connectivity index (χ4n) is 2.07. The maximum Gasteiger partial charge on any atom is 0.268 e. The third-order valence-electron chi connectivity index (χ3n) is 3.35. The molecule has 0 saturated carbocycles. The summed E-state index contributed by atoms with van der Waals surface area (Å²) in [5.74, 6) is 0.348. The minimum absolute atomic E-state index is 0. The predicted octanol–water partition coefficient (Wildman–Crippen LogP) is 2.08. The number of nitrogens with two attached hydrogens (primary N) is 1. The molecule has 1 amide bonds. The van der Waals surface area contributed by atoms with E-state index in [-0.39, 0.29) is 30.3 Å². The second-order valence-corrected chi connectivity index (χ2v) is 5.95. The van der Waals surface area contributed by atoms with Gasteiger partial charge in [-0.2, -0.15) is 0 Å². The van der Waals surface area contributed by atoms with Crippen molar-refractivity contribution in [3.63, 3.8) is 0 Å². The summed E-state index contributed by atoms with van der Waals surface area (Å²) in [5, 5.41) is 2.67. The fraction of sp³-hybridized carbons (Fsp3) is 0.294. The zero-order chi connectivity index (χ0) is 17.4. The van der Waals surface area contributed by atoms with Crippen LogP contribution in [-0.2, 0) is 17.9 Å². The largest absolute Gasteiger partial charge is 0.487 e. The Morgan fingerprint density at radius 3 is 2.64 bits per heavy atom. The van der Waals surface area contributed by atoms with E-state index in [1.165, 1.54) is 4.57 Å². The van der Waals surface area contributed by atoms with Crippen molar-refractivity contribution in [2.24, 2.45) is 5.73 Å². The molecule has 0 atom stereocenters. The highest BCUT2D eigenvalue weighted by Gasteiger charge is 2.10. The molecule has 8 heteroatoms. The average Bonchev–Trinajstić information content (AvgIpc) is 2.61. The Balaban J connectivity index is 0.00000312. The first-order valence-electron chi connectivity index (χ1n) is 7.64. The van der Waals surface area contributed by atoms with Gasteiger partial charge >= 0.3 is 0 Å². The lowest BCUT2D eigenvalue weighted by Crippen LogP contribution is -2.31. The lowest BCUT2D eigenvalue weighted by molar-refractivity contribution is -0.121. The van der Waals surface area contributed by atoms with Gasteiger partial charge in [0.25, 0.3) is 5.56 Å². The van der Waals surface area contributed by atoms with Gasteiger partial charge in [-0.25, -0.2) is 0 Å². The highest BCUT2D eigenvalue weighted by atomic mass is 79.9. The van der Waals surface area contributed by atoms with Crippen LogP contribution in [0.1, 0.15) is 12.0 Å². The number of hydrogen-bond acceptors (Lipinski definition) is 4. The predicted molar refractivity (Wildman–Crippen MR) is 103 cm³/mol. The highest BCUT2D eigenvalue weighted by Crippen LogP contribution is 2.21. The molecule has 6 nitrogen and oxygen atoms in total. The Morgan fingerprint density at radius 2 is 1.96 bits per heavy atom. The van der Waals surface area contributed by atoms with Gasteiger partial charge < -0.3 is 20.4 Å². The Morgan fingerprint density at radius 1 is 1.24 bits per heavy atom. The van der Waals surface area contributed by atoms with Gasteiger partial charge in [0.1, 0.15) is 16.8 Å². The minimum atomic E-state index is -0.229. The van der Waals surface area contributed by atoms with E-state index >= 15 is 0 Å². The molecule has 0 aliphatic heterocycles. The molecule has 3 N–H and O–H groups in total. The van der Waals surface area contributed by atoms with Crippen LogP contribution >= 0.6 is 28.3 Å². The Kier molecular flexibility index (Phi) is 9.26. The zero-order valence-corrected chi connectivity index (χ0v) is 16.0. The van der Waals surface area contributed by atoms with E-state index in [2.05, 4.69) is 21.2 Å². The van der Waals surface area contributed by atoms with Crippen LogP contribution in [0.25, 0.3) is 0 Å². The van der Waals surface area contributed by atoms with Gasteiger partial charge in [0.15, 0.2) is 0 Å². The van der Waals surface area contributed by atoms with Gasteiger partial charge in [0.05, 0.1) is 0 Å². The quantitative estimate of drug-likeness (QED) is 0.671. The topological polar surface area (TPSA) is 86.3 Å². The van der Waals surface area contributed by atoms with E-state index in [1.54, 1.807) is 12.3 Å². The average molecular weight is 431 g/mol. The molecule has 0 aliphatic carbocycles. The molecule has 1 aromatic heterocycles. The molecule has 0 aliphatic rings. The van der Waals surface area contributed by atoms with Crippen LogP contribution in [0, 0.1) is 0 Å². The molecule has 2 rings (SSSR count). The van der Waals surface area contributed by atoms with Crippen LogP contribution in [0.2, 0.25) is 0 Å². The first-order valence-corrected chi connectivity index (χ1v) is 8.43. The number of amides is 1. The van der Waals surface area contributed by atoms with E-state index in [9.17, 15) is 9.59 Å². The molecule has 136 valence electrons. The third-order valence-corrected chi connectivity index (χ3v) is 4.08. The number of hydrogen-bond donors (Lipinski definition) is 2. The SMILES string of the molecule is Cl.NCCNC(=O)CCn1ccc(OCc2ccccc2)c(Br)c1=O. The Labute approximate surface area is 160 Å². The van der Waals surface area contributed by atoms with Crippen LogP contribution in [0.3, 0.4) is 0 Å². The van der Waals surface area contributed by atoms with Crippen LogP contribution in [0.4, 0.5) is 0 Å². The van der Waals surface area contributed by atoms with Crippen LogP contribution in [-0.4, -0.2) is 23.6 Å². The summed E-state index contributed by atoms with van der Waals surface area (Å²) in [6.07, 6.45) is 1.85. The van der Waals surface area contributed by atoms with Crippen molar-refractivity contribution < 1.29 is 9.53 Å². The van der Waals surface area contributed by atoms with Crippen LogP contribution < -0.4 is 21.3 Å². The van der Waals surface area contributed by atoms with Crippen LogP contribution in [0.15, 0.2) is 51.9 Å². The third kappa shape index (κ3) is 6.53. The molecular formula is C17H21BrClN3O3. The summed E-state index contributed by atoms with van der Waals surface area (Å²) in [5.41, 5.74) is 6.11. The van der Waals surface area contributed by atoms with Gasteiger partial charge in [-0.05, 0) is 27.6 Å². The number of benzene rings is 1. The number of aromatic nitrogens is 1. The van der Waals surface area contributed by atoms with Crippen molar-refractivity contribution in [1.29, 1.82) is 0 Å². The first-order chi connectivity index (χ1) is 11.6. The normalized spacial score (nSPS) is 10.0. The zero-order valence-electron chi connectivity index (χ0n) is 13.6. The molecule has 25 heavy (non-hydrogen) atoms. The van der Waals surface area contributed by atoms with Crippen LogP contribution in [0.5, 0.6) is 5.75 Å². The summed E-state index contributed by atoms with van der Waals surface area (Å²) >= 11 is 3.28. The van der Waals surface area contributed by atoms with Crippen molar-refractivity contribution >= 4 is 34.2 Å². The number of carbonyl (C=O) groups is 1. The van der Waals surface area contributed by atoms with E-state index in [0.717, 1.165) is 5.56 Å². The van der Waals surface area contributed by atoms with Crippen molar-refractivity contribution in [2.45, 2.75) is 19.6 Å². The molecule has 0 unspecified atom stereocenters. The second-order valence-electron chi connectivity index (χ2n) is 5.16. The van der Waals surface area contributed by atoms with E-state index in [1.807, 2.05) is 30.3 Å². The molecule has 1 heterocycles. The number of nitrogens with one attached hydrogen (secondary N) is 1. The number of nitrogens with zero attached hydrogens (tertiary/aromatic N) is 1. The lowest BCUT2D eigenvalue weighted by Gasteiger charge is -2.11. The summed E-state index contributed by atoms with van der Waals surface area (Å²) < 4.78 is 7.51. The van der Waals surface area contributed by atoms with Gasteiger partial charge in [0, 0.05) is 32.3 Å². The summed E-state index contributed by atoms with van der Waals surface area (Å²) in [6.45, 7) is 1.51. The molecule has 0 saturated heterocycles. The van der Waals surface area contributed by atoms with Gasteiger partial charge in [0.2, 0.25) is 5.91 Å². The molecular weight excluding hydrogens is 410 g/mol. The maximum absolute atomic E-state index is 12.3. The Hall–Kier alpha value is -1.83. The van der Waals surface area contributed by atoms with E-state index in [0.29, 0.717) is 36.5 Å². The molecule has 2 aromatic rings. The fourth-order valence-corrected chi connectivity index (χ4v) is 2.55. The van der Waals surface area contributed by atoms with Crippen molar-refractivity contribution in [2.75, 3.05) is 13.1 Å². The minimum Gasteiger partial charge on any atom is -0.487 e. The first kappa shape index (κ1) is 21.2. The number of halogens is 2. The van der Waals surface area contributed by atoms with Crippen molar-refractivity contribution in [3.05, 3.63) is 63.0 Å². The molecule has 0 fully saturated rings.